The second-order valence-electron chi connectivity index (χ2n) is 6.70. The Morgan fingerprint density at radius 2 is 1.86 bits per heavy atom. The van der Waals surface area contributed by atoms with E-state index in [9.17, 15) is 18.0 Å². The van der Waals surface area contributed by atoms with Crippen molar-refractivity contribution in [3.8, 4) is 0 Å². The van der Waals surface area contributed by atoms with Crippen molar-refractivity contribution in [1.29, 1.82) is 0 Å². The molecule has 2 rings (SSSR count). The van der Waals surface area contributed by atoms with Gasteiger partial charge in [-0.15, -0.1) is 0 Å². The molecule has 1 atom stereocenters. The van der Waals surface area contributed by atoms with Crippen molar-refractivity contribution in [1.82, 2.24) is 15.1 Å². The quantitative estimate of drug-likeness (QED) is 0.839. The lowest BCUT2D eigenvalue weighted by atomic mass is 9.77. The molecule has 0 saturated carbocycles. The molecule has 2 heterocycles. The van der Waals surface area contributed by atoms with Gasteiger partial charge in [-0.3, -0.25) is 9.69 Å². The average molecular weight is 307 g/mol. The Labute approximate surface area is 123 Å². The Balaban J connectivity index is 1.88. The summed E-state index contributed by atoms with van der Waals surface area (Å²) < 4.78 is 37.1. The highest BCUT2D eigenvalue weighted by Crippen LogP contribution is 2.31. The van der Waals surface area contributed by atoms with Crippen molar-refractivity contribution >= 4 is 5.91 Å². The number of amides is 1. The molecular weight excluding hydrogens is 283 g/mol. The molecular formula is C14H24F3N3O. The third kappa shape index (κ3) is 4.32. The fraction of sp³-hybridized carbons (Fsp3) is 0.929. The van der Waals surface area contributed by atoms with E-state index in [2.05, 4.69) is 19.2 Å². The monoisotopic (exact) mass is 307 g/mol. The minimum Gasteiger partial charge on any atom is -0.339 e. The Morgan fingerprint density at radius 3 is 2.38 bits per heavy atom. The van der Waals surface area contributed by atoms with E-state index >= 15 is 0 Å². The number of carbonyl (C=O) groups excluding carboxylic acids is 1. The van der Waals surface area contributed by atoms with E-state index in [0.29, 0.717) is 26.2 Å². The first kappa shape index (κ1) is 16.5. The molecule has 21 heavy (non-hydrogen) atoms. The molecule has 2 aliphatic heterocycles. The Hall–Kier alpha value is -0.820. The minimum atomic E-state index is -4.17. The zero-order chi connectivity index (χ0) is 15.7. The number of rotatable bonds is 2. The summed E-state index contributed by atoms with van der Waals surface area (Å²) >= 11 is 0. The van der Waals surface area contributed by atoms with E-state index < -0.39 is 12.7 Å². The standard InChI is InChI=1S/C14H24F3N3O/c1-13(2)4-3-5-18-11(13)12(21)20-8-6-19(7-9-20)10-14(15,16)17/h11,18H,3-10H2,1-2H3. The maximum Gasteiger partial charge on any atom is 0.401 e. The van der Waals surface area contributed by atoms with Gasteiger partial charge in [-0.05, 0) is 24.8 Å². The first-order chi connectivity index (χ1) is 9.69. The summed E-state index contributed by atoms with van der Waals surface area (Å²) in [5.41, 5.74) is -0.0988. The molecule has 2 fully saturated rings. The maximum absolute atomic E-state index is 12.6. The minimum absolute atomic E-state index is 0.0337. The van der Waals surface area contributed by atoms with Crippen LogP contribution in [-0.2, 0) is 4.79 Å². The molecule has 2 aliphatic rings. The van der Waals surface area contributed by atoms with E-state index in [4.69, 9.17) is 0 Å². The number of alkyl halides is 3. The van der Waals surface area contributed by atoms with Gasteiger partial charge < -0.3 is 10.2 Å². The number of carbonyl (C=O) groups is 1. The van der Waals surface area contributed by atoms with Gasteiger partial charge in [-0.2, -0.15) is 13.2 Å². The summed E-state index contributed by atoms with van der Waals surface area (Å²) in [7, 11) is 0. The molecule has 0 aromatic carbocycles. The van der Waals surface area contributed by atoms with Crippen LogP contribution in [0.25, 0.3) is 0 Å². The first-order valence-electron chi connectivity index (χ1n) is 7.50. The summed E-state index contributed by atoms with van der Waals surface area (Å²) in [6.07, 6.45) is -2.13. The normalized spacial score (nSPS) is 27.7. The van der Waals surface area contributed by atoms with E-state index in [0.717, 1.165) is 19.4 Å². The van der Waals surface area contributed by atoms with Gasteiger partial charge in [0.05, 0.1) is 12.6 Å². The third-order valence-corrected chi connectivity index (χ3v) is 4.46. The van der Waals surface area contributed by atoms with Gasteiger partial charge in [0.2, 0.25) is 5.91 Å². The lowest BCUT2D eigenvalue weighted by molar-refractivity contribution is -0.153. The number of piperazine rings is 1. The van der Waals surface area contributed by atoms with Crippen LogP contribution in [0.2, 0.25) is 0 Å². The van der Waals surface area contributed by atoms with E-state index in [-0.39, 0.29) is 17.4 Å². The zero-order valence-corrected chi connectivity index (χ0v) is 12.7. The predicted molar refractivity (Wildman–Crippen MR) is 73.9 cm³/mol. The van der Waals surface area contributed by atoms with Crippen molar-refractivity contribution in [2.75, 3.05) is 39.3 Å². The van der Waals surface area contributed by atoms with E-state index in [1.807, 2.05) is 0 Å². The van der Waals surface area contributed by atoms with Gasteiger partial charge in [0.1, 0.15) is 0 Å². The Kier molecular flexibility index (Phi) is 4.82. The van der Waals surface area contributed by atoms with Crippen LogP contribution in [0.3, 0.4) is 0 Å². The lowest BCUT2D eigenvalue weighted by Gasteiger charge is -2.43. The van der Waals surface area contributed by atoms with Gasteiger partial charge in [-0.25, -0.2) is 0 Å². The zero-order valence-electron chi connectivity index (χ0n) is 12.7. The fourth-order valence-electron chi connectivity index (χ4n) is 3.20. The average Bonchev–Trinajstić information content (AvgIpc) is 2.36. The van der Waals surface area contributed by atoms with Gasteiger partial charge in [0.25, 0.3) is 0 Å². The van der Waals surface area contributed by atoms with Crippen LogP contribution >= 0.6 is 0 Å². The molecule has 0 aromatic heterocycles. The fourth-order valence-corrected chi connectivity index (χ4v) is 3.20. The van der Waals surface area contributed by atoms with Crippen molar-refractivity contribution in [2.45, 2.75) is 38.9 Å². The van der Waals surface area contributed by atoms with Crippen molar-refractivity contribution in [2.24, 2.45) is 5.41 Å². The SMILES string of the molecule is CC1(C)CCCNC1C(=O)N1CCN(CC(F)(F)F)CC1. The summed E-state index contributed by atoms with van der Waals surface area (Å²) in [5.74, 6) is 0.0337. The second-order valence-corrected chi connectivity index (χ2v) is 6.70. The van der Waals surface area contributed by atoms with Gasteiger partial charge in [0, 0.05) is 26.2 Å². The van der Waals surface area contributed by atoms with Crippen molar-refractivity contribution in [3.63, 3.8) is 0 Å². The lowest BCUT2D eigenvalue weighted by Crippen LogP contribution is -2.60. The largest absolute Gasteiger partial charge is 0.401 e. The van der Waals surface area contributed by atoms with Crippen LogP contribution in [0.15, 0.2) is 0 Å². The van der Waals surface area contributed by atoms with Crippen LogP contribution in [0, 0.1) is 5.41 Å². The molecule has 0 bridgehead atoms. The second kappa shape index (κ2) is 6.12. The maximum atomic E-state index is 12.6. The molecule has 7 heteroatoms. The van der Waals surface area contributed by atoms with Crippen molar-refractivity contribution < 1.29 is 18.0 Å². The number of nitrogens with zero attached hydrogens (tertiary/aromatic N) is 2. The number of nitrogens with one attached hydrogen (secondary N) is 1. The molecule has 2 saturated heterocycles. The van der Waals surface area contributed by atoms with E-state index in [1.54, 1.807) is 4.90 Å². The highest BCUT2D eigenvalue weighted by molar-refractivity contribution is 5.83. The Bertz CT molecular complexity index is 376. The van der Waals surface area contributed by atoms with Crippen LogP contribution < -0.4 is 5.32 Å². The molecule has 0 radical (unpaired) electrons. The summed E-state index contributed by atoms with van der Waals surface area (Å²) in [4.78, 5) is 15.7. The smallest absolute Gasteiger partial charge is 0.339 e. The Morgan fingerprint density at radius 1 is 1.24 bits per heavy atom. The number of piperidine rings is 1. The number of halogens is 3. The van der Waals surface area contributed by atoms with Gasteiger partial charge >= 0.3 is 6.18 Å². The van der Waals surface area contributed by atoms with Gasteiger partial charge in [0.15, 0.2) is 0 Å². The molecule has 0 aliphatic carbocycles. The van der Waals surface area contributed by atoms with Crippen LogP contribution in [0.1, 0.15) is 26.7 Å². The molecule has 4 nitrogen and oxygen atoms in total. The molecule has 1 unspecified atom stereocenters. The summed E-state index contributed by atoms with van der Waals surface area (Å²) in [6, 6.07) is -0.222. The van der Waals surface area contributed by atoms with Crippen molar-refractivity contribution in [3.05, 3.63) is 0 Å². The topological polar surface area (TPSA) is 35.6 Å². The van der Waals surface area contributed by atoms with Crippen LogP contribution in [-0.4, -0.2) is 67.2 Å². The molecule has 0 aromatic rings. The summed E-state index contributed by atoms with van der Waals surface area (Å²) in [6.45, 7) is 5.42. The highest BCUT2D eigenvalue weighted by Gasteiger charge is 2.40. The number of hydrogen-bond acceptors (Lipinski definition) is 3. The molecule has 0 spiro atoms. The third-order valence-electron chi connectivity index (χ3n) is 4.46. The van der Waals surface area contributed by atoms with Crippen LogP contribution in [0.5, 0.6) is 0 Å². The molecule has 122 valence electrons. The molecule has 1 amide bonds. The molecule has 1 N–H and O–H groups in total. The predicted octanol–water partition coefficient (Wildman–Crippen LogP) is 1.47. The highest BCUT2D eigenvalue weighted by atomic mass is 19.4. The van der Waals surface area contributed by atoms with E-state index in [1.165, 1.54) is 4.90 Å². The first-order valence-corrected chi connectivity index (χ1v) is 7.50. The number of hydrogen-bond donors (Lipinski definition) is 1. The summed E-state index contributed by atoms with van der Waals surface area (Å²) in [5, 5.41) is 3.27. The van der Waals surface area contributed by atoms with Gasteiger partial charge in [-0.1, -0.05) is 13.8 Å². The van der Waals surface area contributed by atoms with Crippen LogP contribution in [0.4, 0.5) is 13.2 Å².